The maximum atomic E-state index is 12.8. The van der Waals surface area contributed by atoms with Crippen molar-refractivity contribution in [3.05, 3.63) is 66.8 Å². The van der Waals surface area contributed by atoms with Gasteiger partial charge >= 0.3 is 0 Å². The van der Waals surface area contributed by atoms with Crippen LogP contribution in [0.25, 0.3) is 17.3 Å². The summed E-state index contributed by atoms with van der Waals surface area (Å²) in [5.74, 6) is 1.59. The largest absolute Gasteiger partial charge is 0.320 e. The average molecular weight is 414 g/mol. The van der Waals surface area contributed by atoms with Gasteiger partial charge in [-0.3, -0.25) is 9.36 Å². The van der Waals surface area contributed by atoms with Gasteiger partial charge in [0.25, 0.3) is 5.91 Å². The molecule has 1 aliphatic rings. The predicted octanol–water partition coefficient (Wildman–Crippen LogP) is 3.63. The molecule has 0 atom stereocenters. The summed E-state index contributed by atoms with van der Waals surface area (Å²) >= 11 is 0. The monoisotopic (exact) mass is 414 g/mol. The summed E-state index contributed by atoms with van der Waals surface area (Å²) in [6.45, 7) is 4.08. The Morgan fingerprint density at radius 2 is 2.03 bits per heavy atom. The molecule has 0 saturated heterocycles. The number of hydrogen-bond donors (Lipinski definition) is 1. The number of nitrogens with one attached hydrogen (secondary N) is 1. The first kappa shape index (κ1) is 19.1. The van der Waals surface area contributed by atoms with E-state index in [1.807, 2.05) is 41.3 Å². The van der Waals surface area contributed by atoms with E-state index in [2.05, 4.69) is 30.5 Å². The van der Waals surface area contributed by atoms with Gasteiger partial charge in [-0.25, -0.2) is 15.0 Å². The minimum absolute atomic E-state index is 0.183. The molecule has 9 nitrogen and oxygen atoms in total. The number of nitrogens with zero attached hydrogens (tertiary/aromatic N) is 7. The maximum Gasteiger partial charge on any atom is 0.274 e. The Balaban J connectivity index is 1.36. The minimum atomic E-state index is -0.307. The first-order valence-electron chi connectivity index (χ1n) is 10.3. The fraction of sp³-hybridized carbons (Fsp3) is 0.273. The SMILES string of the molecule is CC(C)n1cnnc1-c1cccc(C(=O)Nc2ccnc(-n3cnc(C4CC4)c3)c2)n1. The van der Waals surface area contributed by atoms with E-state index in [9.17, 15) is 4.79 Å². The highest BCUT2D eigenvalue weighted by atomic mass is 16.1. The molecule has 0 aromatic carbocycles. The molecule has 0 spiro atoms. The van der Waals surface area contributed by atoms with Gasteiger partial charge in [-0.05, 0) is 44.9 Å². The smallest absolute Gasteiger partial charge is 0.274 e. The Kier molecular flexibility index (Phi) is 4.78. The third-order valence-electron chi connectivity index (χ3n) is 5.21. The lowest BCUT2D eigenvalue weighted by atomic mass is 10.2. The molecule has 156 valence electrons. The van der Waals surface area contributed by atoms with Crippen LogP contribution in [-0.4, -0.2) is 40.2 Å². The summed E-state index contributed by atoms with van der Waals surface area (Å²) in [5.41, 5.74) is 2.62. The number of pyridine rings is 2. The van der Waals surface area contributed by atoms with Gasteiger partial charge in [0.1, 0.15) is 29.9 Å². The van der Waals surface area contributed by atoms with Crippen molar-refractivity contribution in [1.29, 1.82) is 0 Å². The fourth-order valence-electron chi connectivity index (χ4n) is 3.38. The van der Waals surface area contributed by atoms with Crippen LogP contribution in [0.1, 0.15) is 54.8 Å². The normalized spacial score (nSPS) is 13.5. The van der Waals surface area contributed by atoms with Gasteiger partial charge in [-0.15, -0.1) is 10.2 Å². The number of anilines is 1. The minimum Gasteiger partial charge on any atom is -0.320 e. The molecule has 1 fully saturated rings. The van der Waals surface area contributed by atoms with Crippen LogP contribution < -0.4 is 5.32 Å². The molecule has 1 saturated carbocycles. The molecule has 0 aliphatic heterocycles. The Bertz CT molecular complexity index is 1240. The van der Waals surface area contributed by atoms with Crippen LogP contribution >= 0.6 is 0 Å². The second-order valence-electron chi connectivity index (χ2n) is 7.90. The lowest BCUT2D eigenvalue weighted by Crippen LogP contribution is -2.14. The number of carbonyl (C=O) groups excluding carboxylic acids is 1. The van der Waals surface area contributed by atoms with E-state index in [0.717, 1.165) is 5.69 Å². The maximum absolute atomic E-state index is 12.8. The lowest BCUT2D eigenvalue weighted by molar-refractivity contribution is 0.102. The van der Waals surface area contributed by atoms with Gasteiger partial charge in [0, 0.05) is 36.1 Å². The fourth-order valence-corrected chi connectivity index (χ4v) is 3.38. The standard InChI is InChI=1S/C22H22N8O/c1-14(2)30-13-25-28-21(30)17-4-3-5-18(27-17)22(31)26-16-8-9-23-20(10-16)29-11-19(24-12-29)15-6-7-15/h3-5,8-15H,6-7H2,1-2H3,(H,23,26,31). The lowest BCUT2D eigenvalue weighted by Gasteiger charge is -2.10. The van der Waals surface area contributed by atoms with E-state index in [0.29, 0.717) is 34.6 Å². The van der Waals surface area contributed by atoms with Crippen LogP contribution in [-0.2, 0) is 0 Å². The zero-order valence-electron chi connectivity index (χ0n) is 17.3. The number of rotatable bonds is 6. The van der Waals surface area contributed by atoms with Crippen molar-refractivity contribution in [2.75, 3.05) is 5.32 Å². The summed E-state index contributed by atoms with van der Waals surface area (Å²) in [6.07, 6.45) is 9.48. The van der Waals surface area contributed by atoms with Gasteiger partial charge in [0.2, 0.25) is 0 Å². The van der Waals surface area contributed by atoms with Crippen LogP contribution in [0, 0.1) is 0 Å². The number of carbonyl (C=O) groups is 1. The zero-order valence-corrected chi connectivity index (χ0v) is 17.3. The van der Waals surface area contributed by atoms with Gasteiger partial charge in [0.15, 0.2) is 5.82 Å². The summed E-state index contributed by atoms with van der Waals surface area (Å²) in [6, 6.07) is 9.03. The Morgan fingerprint density at radius 1 is 1.16 bits per heavy atom. The second-order valence-corrected chi connectivity index (χ2v) is 7.90. The van der Waals surface area contributed by atoms with Crippen LogP contribution in [0.4, 0.5) is 5.69 Å². The quantitative estimate of drug-likeness (QED) is 0.517. The molecule has 0 unspecified atom stereocenters. The molecule has 5 rings (SSSR count). The van der Waals surface area contributed by atoms with Crippen molar-refractivity contribution in [2.24, 2.45) is 0 Å². The molecular weight excluding hydrogens is 392 g/mol. The topological polar surface area (TPSA) is 103 Å². The molecule has 1 N–H and O–H groups in total. The third kappa shape index (κ3) is 3.94. The van der Waals surface area contributed by atoms with Crippen molar-refractivity contribution < 1.29 is 4.79 Å². The van der Waals surface area contributed by atoms with Crippen molar-refractivity contribution in [3.63, 3.8) is 0 Å². The second kappa shape index (κ2) is 7.75. The first-order chi connectivity index (χ1) is 15.1. The van der Waals surface area contributed by atoms with Crippen LogP contribution in [0.3, 0.4) is 0 Å². The van der Waals surface area contributed by atoms with Gasteiger partial charge < -0.3 is 9.88 Å². The molecule has 0 bridgehead atoms. The molecular formula is C22H22N8O. The van der Waals surface area contributed by atoms with E-state index in [4.69, 9.17) is 0 Å². The van der Waals surface area contributed by atoms with Crippen molar-refractivity contribution in [3.8, 4) is 17.3 Å². The number of amides is 1. The average Bonchev–Trinajstić information content (AvgIpc) is 3.30. The molecule has 4 aromatic heterocycles. The molecule has 4 heterocycles. The third-order valence-corrected chi connectivity index (χ3v) is 5.21. The highest BCUT2D eigenvalue weighted by Gasteiger charge is 2.26. The van der Waals surface area contributed by atoms with E-state index >= 15 is 0 Å². The van der Waals surface area contributed by atoms with Gasteiger partial charge in [0.05, 0.1) is 5.69 Å². The summed E-state index contributed by atoms with van der Waals surface area (Å²) in [7, 11) is 0. The molecule has 4 aromatic rings. The summed E-state index contributed by atoms with van der Waals surface area (Å²) < 4.78 is 3.79. The summed E-state index contributed by atoms with van der Waals surface area (Å²) in [5, 5.41) is 11.0. The Hall–Kier alpha value is -3.88. The van der Waals surface area contributed by atoms with Crippen molar-refractivity contribution in [2.45, 2.75) is 38.6 Å². The molecule has 1 aliphatic carbocycles. The molecule has 31 heavy (non-hydrogen) atoms. The Labute approximate surface area is 179 Å². The van der Waals surface area contributed by atoms with Gasteiger partial charge in [-0.2, -0.15) is 0 Å². The zero-order chi connectivity index (χ0) is 21.4. The van der Waals surface area contributed by atoms with Crippen LogP contribution in [0.5, 0.6) is 0 Å². The molecule has 1 amide bonds. The summed E-state index contributed by atoms with van der Waals surface area (Å²) in [4.78, 5) is 26.2. The van der Waals surface area contributed by atoms with Crippen molar-refractivity contribution in [1.82, 2.24) is 34.3 Å². The number of hydrogen-bond acceptors (Lipinski definition) is 6. The molecule has 9 heteroatoms. The van der Waals surface area contributed by atoms with E-state index in [1.54, 1.807) is 37.1 Å². The number of aromatic nitrogens is 7. The van der Waals surface area contributed by atoms with Crippen LogP contribution in [0.2, 0.25) is 0 Å². The van der Waals surface area contributed by atoms with E-state index in [-0.39, 0.29) is 11.9 Å². The molecule has 0 radical (unpaired) electrons. The number of imidazole rings is 1. The van der Waals surface area contributed by atoms with E-state index in [1.165, 1.54) is 12.8 Å². The van der Waals surface area contributed by atoms with Crippen molar-refractivity contribution >= 4 is 11.6 Å². The highest BCUT2D eigenvalue weighted by Crippen LogP contribution is 2.39. The van der Waals surface area contributed by atoms with Crippen LogP contribution in [0.15, 0.2) is 55.4 Å². The first-order valence-corrected chi connectivity index (χ1v) is 10.3. The van der Waals surface area contributed by atoms with E-state index < -0.39 is 0 Å². The highest BCUT2D eigenvalue weighted by molar-refractivity contribution is 6.03. The predicted molar refractivity (Wildman–Crippen MR) is 115 cm³/mol. The van der Waals surface area contributed by atoms with Gasteiger partial charge in [-0.1, -0.05) is 6.07 Å². The Morgan fingerprint density at radius 3 is 2.84 bits per heavy atom.